The van der Waals surface area contributed by atoms with E-state index in [2.05, 4.69) is 19.4 Å². The molecule has 1 aliphatic rings. The van der Waals surface area contributed by atoms with Crippen molar-refractivity contribution in [1.82, 2.24) is 15.2 Å². The van der Waals surface area contributed by atoms with Crippen LogP contribution in [-0.4, -0.2) is 28.2 Å². The van der Waals surface area contributed by atoms with Gasteiger partial charge in [-0.25, -0.2) is 4.18 Å². The van der Waals surface area contributed by atoms with Gasteiger partial charge < -0.3 is 0 Å². The van der Waals surface area contributed by atoms with Crippen molar-refractivity contribution in [3.8, 4) is 11.3 Å². The molecule has 0 aliphatic heterocycles. The van der Waals surface area contributed by atoms with Crippen molar-refractivity contribution in [2.75, 3.05) is 0 Å². The number of aromatic nitrogens is 3. The third kappa shape index (κ3) is 3.28. The van der Waals surface area contributed by atoms with Crippen LogP contribution in [0.2, 0.25) is 0 Å². The molecule has 0 saturated heterocycles. The van der Waals surface area contributed by atoms with Gasteiger partial charge in [-0.15, -0.1) is 0 Å². The standard InChI is InChI=1S/C17H17N3O4S/c1-10(24-25(21,22)23)12-4-6-15(18-8-12)13-5-7-16-14(9-19-20-16)17(13)11-2-3-11/h4-11H,2-3H2,1H3,(H,19,20)(H,21,22,23). The summed E-state index contributed by atoms with van der Waals surface area (Å²) < 4.78 is 35.0. The van der Waals surface area contributed by atoms with Crippen LogP contribution in [0, 0.1) is 0 Å². The molecule has 3 aromatic rings. The summed E-state index contributed by atoms with van der Waals surface area (Å²) in [6.07, 6.45) is 4.93. The number of nitrogens with zero attached hydrogens (tertiary/aromatic N) is 2. The van der Waals surface area contributed by atoms with Crippen LogP contribution in [0.5, 0.6) is 0 Å². The molecule has 1 unspecified atom stereocenters. The molecule has 0 spiro atoms. The maximum absolute atomic E-state index is 10.8. The van der Waals surface area contributed by atoms with E-state index in [4.69, 9.17) is 4.55 Å². The van der Waals surface area contributed by atoms with Crippen LogP contribution in [-0.2, 0) is 14.6 Å². The van der Waals surface area contributed by atoms with Gasteiger partial charge in [0.05, 0.1) is 17.4 Å². The van der Waals surface area contributed by atoms with Gasteiger partial charge in [0.15, 0.2) is 0 Å². The van der Waals surface area contributed by atoms with Gasteiger partial charge in [-0.2, -0.15) is 13.5 Å². The fourth-order valence-electron chi connectivity index (χ4n) is 3.12. The van der Waals surface area contributed by atoms with Crippen LogP contribution in [0.3, 0.4) is 0 Å². The number of nitrogens with one attached hydrogen (secondary N) is 1. The minimum Gasteiger partial charge on any atom is -0.278 e. The van der Waals surface area contributed by atoms with E-state index < -0.39 is 16.5 Å². The second kappa shape index (κ2) is 5.91. The molecule has 4 rings (SSSR count). The van der Waals surface area contributed by atoms with E-state index in [1.165, 1.54) is 12.5 Å². The van der Waals surface area contributed by atoms with Crippen LogP contribution in [0.4, 0.5) is 0 Å². The molecule has 7 nitrogen and oxygen atoms in total. The molecule has 130 valence electrons. The van der Waals surface area contributed by atoms with Crippen molar-refractivity contribution in [1.29, 1.82) is 0 Å². The van der Waals surface area contributed by atoms with Gasteiger partial charge >= 0.3 is 10.4 Å². The molecule has 0 bridgehead atoms. The number of benzene rings is 1. The van der Waals surface area contributed by atoms with E-state index in [1.54, 1.807) is 12.3 Å². The number of pyridine rings is 1. The molecule has 1 aliphatic carbocycles. The Morgan fingerprint density at radius 3 is 2.68 bits per heavy atom. The number of H-pyrrole nitrogens is 1. The number of rotatable bonds is 5. The van der Waals surface area contributed by atoms with Gasteiger partial charge in [-0.1, -0.05) is 12.1 Å². The molecule has 0 amide bonds. The summed E-state index contributed by atoms with van der Waals surface area (Å²) in [7, 11) is -4.50. The zero-order chi connectivity index (χ0) is 17.6. The summed E-state index contributed by atoms with van der Waals surface area (Å²) in [5, 5.41) is 8.25. The van der Waals surface area contributed by atoms with Crippen LogP contribution in [0.25, 0.3) is 22.2 Å². The highest BCUT2D eigenvalue weighted by Crippen LogP contribution is 2.47. The van der Waals surface area contributed by atoms with Crippen LogP contribution < -0.4 is 0 Å². The van der Waals surface area contributed by atoms with Gasteiger partial charge in [0.1, 0.15) is 6.10 Å². The lowest BCUT2D eigenvalue weighted by Gasteiger charge is -2.13. The lowest BCUT2D eigenvalue weighted by molar-refractivity contribution is 0.200. The highest BCUT2D eigenvalue weighted by Gasteiger charge is 2.29. The van der Waals surface area contributed by atoms with Crippen molar-refractivity contribution in [2.45, 2.75) is 31.8 Å². The Balaban J connectivity index is 1.71. The third-order valence-electron chi connectivity index (χ3n) is 4.45. The molecular formula is C17H17N3O4S. The maximum Gasteiger partial charge on any atom is 0.397 e. The lowest BCUT2D eigenvalue weighted by atomic mass is 9.96. The number of hydrogen-bond acceptors (Lipinski definition) is 5. The Bertz CT molecular complexity index is 1020. The number of hydrogen-bond donors (Lipinski definition) is 2. The van der Waals surface area contributed by atoms with E-state index in [0.717, 1.165) is 35.0 Å². The van der Waals surface area contributed by atoms with E-state index in [1.807, 2.05) is 24.4 Å². The van der Waals surface area contributed by atoms with E-state index in [0.29, 0.717) is 11.5 Å². The minimum absolute atomic E-state index is 0.527. The monoisotopic (exact) mass is 359 g/mol. The molecule has 1 atom stereocenters. The van der Waals surface area contributed by atoms with Crippen molar-refractivity contribution in [3.63, 3.8) is 0 Å². The predicted octanol–water partition coefficient (Wildman–Crippen LogP) is 3.38. The number of aromatic amines is 1. The Labute approximate surface area is 145 Å². The Morgan fingerprint density at radius 2 is 2.04 bits per heavy atom. The zero-order valence-electron chi connectivity index (χ0n) is 13.5. The zero-order valence-corrected chi connectivity index (χ0v) is 14.3. The summed E-state index contributed by atoms with van der Waals surface area (Å²) in [6, 6.07) is 7.62. The fourth-order valence-corrected chi connectivity index (χ4v) is 3.59. The van der Waals surface area contributed by atoms with Gasteiger partial charge in [-0.05, 0) is 43.4 Å². The van der Waals surface area contributed by atoms with Gasteiger partial charge in [0, 0.05) is 22.7 Å². The average Bonchev–Trinajstić information content (AvgIpc) is 3.29. The summed E-state index contributed by atoms with van der Waals surface area (Å²) in [6.45, 7) is 1.54. The molecule has 1 saturated carbocycles. The summed E-state index contributed by atoms with van der Waals surface area (Å²) >= 11 is 0. The Kier molecular flexibility index (Phi) is 3.82. The molecule has 1 aromatic carbocycles. The van der Waals surface area contributed by atoms with Crippen molar-refractivity contribution >= 4 is 21.3 Å². The van der Waals surface area contributed by atoms with E-state index >= 15 is 0 Å². The molecule has 2 aromatic heterocycles. The fraction of sp³-hybridized carbons (Fsp3) is 0.294. The van der Waals surface area contributed by atoms with Gasteiger partial charge in [-0.3, -0.25) is 14.6 Å². The van der Waals surface area contributed by atoms with Crippen LogP contribution >= 0.6 is 0 Å². The minimum atomic E-state index is -4.50. The summed E-state index contributed by atoms with van der Waals surface area (Å²) in [4.78, 5) is 4.47. The topological polar surface area (TPSA) is 105 Å². The largest absolute Gasteiger partial charge is 0.397 e. The Morgan fingerprint density at radius 1 is 1.24 bits per heavy atom. The number of fused-ring (bicyclic) bond motifs is 1. The molecule has 25 heavy (non-hydrogen) atoms. The third-order valence-corrected chi connectivity index (χ3v) is 4.98. The van der Waals surface area contributed by atoms with Gasteiger partial charge in [0.2, 0.25) is 0 Å². The lowest BCUT2D eigenvalue weighted by Crippen LogP contribution is -2.08. The first-order valence-electron chi connectivity index (χ1n) is 8.00. The molecule has 2 heterocycles. The second-order valence-corrected chi connectivity index (χ2v) is 7.32. The van der Waals surface area contributed by atoms with Crippen molar-refractivity contribution in [3.05, 3.63) is 47.8 Å². The maximum atomic E-state index is 10.8. The normalized spacial score (nSPS) is 16.2. The predicted molar refractivity (Wildman–Crippen MR) is 92.3 cm³/mol. The quantitative estimate of drug-likeness (QED) is 0.677. The molecule has 2 N–H and O–H groups in total. The second-order valence-electron chi connectivity index (χ2n) is 6.28. The first-order chi connectivity index (χ1) is 11.9. The summed E-state index contributed by atoms with van der Waals surface area (Å²) in [5.74, 6) is 0.527. The van der Waals surface area contributed by atoms with Gasteiger partial charge in [0.25, 0.3) is 0 Å². The molecule has 0 radical (unpaired) electrons. The van der Waals surface area contributed by atoms with Crippen molar-refractivity contribution in [2.24, 2.45) is 0 Å². The Hall–Kier alpha value is -2.29. The average molecular weight is 359 g/mol. The first kappa shape index (κ1) is 16.2. The molecular weight excluding hydrogens is 342 g/mol. The highest BCUT2D eigenvalue weighted by molar-refractivity contribution is 7.80. The van der Waals surface area contributed by atoms with E-state index in [-0.39, 0.29) is 0 Å². The summed E-state index contributed by atoms with van der Waals surface area (Å²) in [5.41, 5.74) is 4.71. The first-order valence-corrected chi connectivity index (χ1v) is 9.37. The van der Waals surface area contributed by atoms with Crippen LogP contribution in [0.15, 0.2) is 36.7 Å². The molecule has 1 fully saturated rings. The highest BCUT2D eigenvalue weighted by atomic mass is 32.3. The smallest absolute Gasteiger partial charge is 0.278 e. The van der Waals surface area contributed by atoms with E-state index in [9.17, 15) is 8.42 Å². The SMILES string of the molecule is CC(OS(=O)(=O)O)c1ccc(-c2ccc3[nH]ncc3c2C2CC2)nc1. The van der Waals surface area contributed by atoms with Crippen molar-refractivity contribution < 1.29 is 17.2 Å². The molecule has 8 heteroatoms. The van der Waals surface area contributed by atoms with Crippen LogP contribution in [0.1, 0.15) is 42.9 Å².